The van der Waals surface area contributed by atoms with Crippen LogP contribution in [0.1, 0.15) is 4.88 Å². The fourth-order valence-electron chi connectivity index (χ4n) is 0.920. The van der Waals surface area contributed by atoms with E-state index < -0.39 is 0 Å². The molecule has 0 aliphatic carbocycles. The molecule has 4 N–H and O–H groups in total. The molecule has 1 aliphatic rings. The molecule has 1 aromatic rings. The highest BCUT2D eigenvalue weighted by molar-refractivity contribution is 8.16. The first kappa shape index (κ1) is 7.63. The molecule has 0 bridgehead atoms. The van der Waals surface area contributed by atoms with Gasteiger partial charge in [0.1, 0.15) is 11.4 Å². The van der Waals surface area contributed by atoms with Crippen molar-refractivity contribution in [2.75, 3.05) is 5.73 Å². The van der Waals surface area contributed by atoms with Gasteiger partial charge in [-0.1, -0.05) is 11.3 Å². The highest BCUT2D eigenvalue weighted by atomic mass is 32.2. The number of thioether (sulfide) groups is 1. The predicted molar refractivity (Wildman–Crippen MR) is 48.1 cm³/mol. The highest BCUT2D eigenvalue weighted by Gasteiger charge is 2.32. The third kappa shape index (κ3) is 0.788. The molecule has 6 heteroatoms. The number of carbonyl (C=O) groups excluding carboxylic acids is 1. The number of aromatic hydroxyl groups is 1. The number of hydrogen-bond donors (Lipinski definition) is 3. The third-order valence-electron chi connectivity index (χ3n) is 1.51. The van der Waals surface area contributed by atoms with Crippen molar-refractivity contribution >= 4 is 39.6 Å². The van der Waals surface area contributed by atoms with Crippen molar-refractivity contribution in [1.29, 1.82) is 5.41 Å². The first-order chi connectivity index (χ1) is 5.61. The summed E-state index contributed by atoms with van der Waals surface area (Å²) in [4.78, 5) is 12.0. The van der Waals surface area contributed by atoms with Gasteiger partial charge in [0, 0.05) is 0 Å². The van der Waals surface area contributed by atoms with Crippen LogP contribution in [0.3, 0.4) is 0 Å². The van der Waals surface area contributed by atoms with E-state index in [1.54, 1.807) is 0 Å². The molecule has 0 spiro atoms. The smallest absolute Gasteiger partial charge is 0.243 e. The number of rotatable bonds is 0. The number of thiophene rings is 1. The van der Waals surface area contributed by atoms with Crippen LogP contribution in [0.2, 0.25) is 0 Å². The number of nitrogen functional groups attached to an aromatic ring is 1. The molecule has 0 saturated carbocycles. The monoisotopic (exact) mass is 200 g/mol. The van der Waals surface area contributed by atoms with E-state index in [-0.39, 0.29) is 21.6 Å². The molecule has 4 nitrogen and oxygen atoms in total. The van der Waals surface area contributed by atoms with Crippen LogP contribution in [-0.2, 0) is 4.79 Å². The summed E-state index contributed by atoms with van der Waals surface area (Å²) in [6, 6.07) is 0. The maximum Gasteiger partial charge on any atom is 0.243 e. The molecule has 62 valence electrons. The lowest BCUT2D eigenvalue weighted by molar-refractivity contribution is -0.105. The van der Waals surface area contributed by atoms with Gasteiger partial charge in [-0.2, -0.15) is 0 Å². The zero-order valence-corrected chi connectivity index (χ0v) is 7.38. The second-order valence-corrected chi connectivity index (χ2v) is 4.23. The molecule has 0 atom stereocenters. The topological polar surface area (TPSA) is 87.2 Å². The zero-order valence-electron chi connectivity index (χ0n) is 5.75. The average Bonchev–Trinajstić information content (AvgIpc) is 2.43. The minimum Gasteiger partial charge on any atom is -0.498 e. The van der Waals surface area contributed by atoms with Gasteiger partial charge in [-0.3, -0.25) is 10.2 Å². The van der Waals surface area contributed by atoms with Crippen molar-refractivity contribution in [2.24, 2.45) is 0 Å². The summed E-state index contributed by atoms with van der Waals surface area (Å²) >= 11 is 1.89. The molecule has 0 fully saturated rings. The number of nitrogens with two attached hydrogens (primary N) is 1. The Morgan fingerprint density at radius 1 is 1.50 bits per heavy atom. The standard InChI is InChI=1S/C6H4N2O2S2/c7-1-3-4(12-5(1)9)2(8)6(10)11-3/h7,10H,8H2. The van der Waals surface area contributed by atoms with Crippen LogP contribution in [0, 0.1) is 5.41 Å². The van der Waals surface area contributed by atoms with E-state index in [2.05, 4.69) is 0 Å². The van der Waals surface area contributed by atoms with Gasteiger partial charge in [0.2, 0.25) is 5.12 Å². The van der Waals surface area contributed by atoms with Gasteiger partial charge in [-0.15, -0.1) is 0 Å². The molecule has 2 rings (SSSR count). The van der Waals surface area contributed by atoms with Crippen molar-refractivity contribution < 1.29 is 9.90 Å². The second kappa shape index (κ2) is 2.24. The van der Waals surface area contributed by atoms with Gasteiger partial charge in [-0.25, -0.2) is 0 Å². The van der Waals surface area contributed by atoms with E-state index >= 15 is 0 Å². The largest absolute Gasteiger partial charge is 0.498 e. The number of fused-ring (bicyclic) bond motifs is 1. The zero-order chi connectivity index (χ0) is 8.88. The Balaban J connectivity index is 2.67. The molecule has 0 amide bonds. The van der Waals surface area contributed by atoms with Crippen LogP contribution in [-0.4, -0.2) is 15.9 Å². The van der Waals surface area contributed by atoms with Crippen LogP contribution in [0.25, 0.3) is 0 Å². The maximum atomic E-state index is 11.0. The number of hydrogen-bond acceptors (Lipinski definition) is 6. The van der Waals surface area contributed by atoms with Gasteiger partial charge in [0.05, 0.1) is 9.77 Å². The molecule has 0 aromatic carbocycles. The molecular formula is C6H4N2O2S2. The Hall–Kier alpha value is -1.01. The average molecular weight is 200 g/mol. The van der Waals surface area contributed by atoms with Crippen molar-refractivity contribution in [1.82, 2.24) is 0 Å². The Morgan fingerprint density at radius 2 is 2.17 bits per heavy atom. The van der Waals surface area contributed by atoms with E-state index in [0.717, 1.165) is 23.1 Å². The second-order valence-electron chi connectivity index (χ2n) is 2.24. The first-order valence-corrected chi connectivity index (χ1v) is 4.67. The quantitative estimate of drug-likeness (QED) is 0.583. The minimum atomic E-state index is -0.303. The fourth-order valence-corrected chi connectivity index (χ4v) is 2.89. The lowest BCUT2D eigenvalue weighted by Crippen LogP contribution is -2.00. The number of carbonyl (C=O) groups is 1. The van der Waals surface area contributed by atoms with Gasteiger partial charge >= 0.3 is 0 Å². The van der Waals surface area contributed by atoms with Crippen molar-refractivity contribution in [3.05, 3.63) is 4.88 Å². The summed E-state index contributed by atoms with van der Waals surface area (Å²) in [6.45, 7) is 0. The normalized spacial score (nSPS) is 15.3. The Morgan fingerprint density at radius 3 is 2.75 bits per heavy atom. The number of nitrogens with one attached hydrogen (secondary N) is 1. The van der Waals surface area contributed by atoms with E-state index in [1.165, 1.54) is 0 Å². The van der Waals surface area contributed by atoms with E-state index in [1.807, 2.05) is 0 Å². The SMILES string of the molecule is N=C1C(=O)Sc2c1sc(O)c2N. The Labute approximate surface area is 75.9 Å². The van der Waals surface area contributed by atoms with E-state index in [0.29, 0.717) is 9.77 Å². The van der Waals surface area contributed by atoms with Gasteiger partial charge in [0.25, 0.3) is 0 Å². The summed E-state index contributed by atoms with van der Waals surface area (Å²) in [5.74, 6) is 0. The van der Waals surface area contributed by atoms with Crippen molar-refractivity contribution in [3.8, 4) is 5.06 Å². The highest BCUT2D eigenvalue weighted by Crippen LogP contribution is 2.47. The molecule has 12 heavy (non-hydrogen) atoms. The molecular weight excluding hydrogens is 196 g/mol. The summed E-state index contributed by atoms with van der Waals surface area (Å²) in [5.41, 5.74) is 5.62. The van der Waals surface area contributed by atoms with Crippen LogP contribution < -0.4 is 5.73 Å². The molecule has 2 heterocycles. The molecule has 1 aliphatic heterocycles. The number of anilines is 1. The molecule has 0 radical (unpaired) electrons. The van der Waals surface area contributed by atoms with Crippen LogP contribution in [0.15, 0.2) is 4.90 Å². The van der Waals surface area contributed by atoms with Gasteiger partial charge in [-0.05, 0) is 11.8 Å². The van der Waals surface area contributed by atoms with E-state index in [9.17, 15) is 4.79 Å². The predicted octanol–water partition coefficient (Wildman–Crippen LogP) is 1.04. The minimum absolute atomic E-state index is 0.00949. The summed E-state index contributed by atoms with van der Waals surface area (Å²) in [6.07, 6.45) is 0. The molecule has 0 saturated heterocycles. The summed E-state index contributed by atoms with van der Waals surface area (Å²) < 4.78 is 0. The Kier molecular flexibility index (Phi) is 1.42. The maximum absolute atomic E-state index is 11.0. The van der Waals surface area contributed by atoms with Crippen molar-refractivity contribution in [3.63, 3.8) is 0 Å². The fraction of sp³-hybridized carbons (Fsp3) is 0. The molecule has 1 aromatic heterocycles. The molecule has 0 unspecified atom stereocenters. The van der Waals surface area contributed by atoms with Gasteiger partial charge < -0.3 is 10.8 Å². The van der Waals surface area contributed by atoms with Crippen molar-refractivity contribution in [2.45, 2.75) is 4.90 Å². The first-order valence-electron chi connectivity index (χ1n) is 3.03. The third-order valence-corrected chi connectivity index (χ3v) is 3.68. The van der Waals surface area contributed by atoms with Crippen LogP contribution in [0.4, 0.5) is 5.69 Å². The van der Waals surface area contributed by atoms with Gasteiger partial charge in [0.15, 0.2) is 5.06 Å². The summed E-state index contributed by atoms with van der Waals surface area (Å²) in [7, 11) is 0. The summed E-state index contributed by atoms with van der Waals surface area (Å²) in [5, 5.41) is 16.2. The van der Waals surface area contributed by atoms with Crippen LogP contribution in [0.5, 0.6) is 5.06 Å². The lowest BCUT2D eigenvalue weighted by atomic mass is 10.3. The van der Waals surface area contributed by atoms with Crippen LogP contribution >= 0.6 is 23.1 Å². The Bertz CT molecular complexity index is 396. The van der Waals surface area contributed by atoms with E-state index in [4.69, 9.17) is 16.2 Å². The lowest BCUT2D eigenvalue weighted by Gasteiger charge is -1.89.